The Kier molecular flexibility index (Phi) is 4.65. The van der Waals surface area contributed by atoms with Gasteiger partial charge >= 0.3 is 5.97 Å². The third-order valence-corrected chi connectivity index (χ3v) is 2.28. The summed E-state index contributed by atoms with van der Waals surface area (Å²) >= 11 is 0. The summed E-state index contributed by atoms with van der Waals surface area (Å²) in [5.74, 6) is -3.10. The lowest BCUT2D eigenvalue weighted by molar-refractivity contribution is -0.180. The molecule has 0 saturated carbocycles. The second kappa shape index (κ2) is 6.01. The minimum absolute atomic E-state index is 0.194. The SMILES string of the molecule is COOc1c(O)c(O)c(OC)c(C(=O)OC)c1OC. The van der Waals surface area contributed by atoms with Crippen molar-refractivity contribution in [2.45, 2.75) is 0 Å². The molecular weight excluding hydrogens is 260 g/mol. The summed E-state index contributed by atoms with van der Waals surface area (Å²) in [5, 5.41) is 19.5. The predicted molar refractivity (Wildman–Crippen MR) is 61.9 cm³/mol. The standard InChI is InChI=1S/C11H14O8/c1-15-8-5(11(14)17-3)9(16-2)10(19-18-4)7(13)6(8)12/h12-13H,1-4H3. The van der Waals surface area contributed by atoms with E-state index in [2.05, 4.69) is 14.5 Å². The van der Waals surface area contributed by atoms with Crippen molar-refractivity contribution in [3.8, 4) is 28.7 Å². The van der Waals surface area contributed by atoms with E-state index < -0.39 is 17.5 Å². The van der Waals surface area contributed by atoms with Gasteiger partial charge in [0.2, 0.25) is 11.5 Å². The minimum atomic E-state index is -0.843. The Morgan fingerprint density at radius 3 is 1.84 bits per heavy atom. The number of benzene rings is 1. The van der Waals surface area contributed by atoms with Crippen LogP contribution in [0.3, 0.4) is 0 Å². The summed E-state index contributed by atoms with van der Waals surface area (Å²) in [5.41, 5.74) is -0.241. The average Bonchev–Trinajstić information content (AvgIpc) is 2.42. The van der Waals surface area contributed by atoms with E-state index in [0.29, 0.717) is 0 Å². The third-order valence-electron chi connectivity index (χ3n) is 2.28. The van der Waals surface area contributed by atoms with Crippen molar-refractivity contribution in [1.29, 1.82) is 0 Å². The summed E-state index contributed by atoms with van der Waals surface area (Å²) in [6, 6.07) is 0. The molecular formula is C11H14O8. The molecule has 0 aliphatic rings. The number of hydrogen-bond acceptors (Lipinski definition) is 8. The first-order chi connectivity index (χ1) is 9.03. The van der Waals surface area contributed by atoms with E-state index in [9.17, 15) is 15.0 Å². The summed E-state index contributed by atoms with van der Waals surface area (Å²) in [6.07, 6.45) is 0. The molecule has 0 spiro atoms. The first-order valence-corrected chi connectivity index (χ1v) is 5.02. The second-order valence-electron chi connectivity index (χ2n) is 3.21. The van der Waals surface area contributed by atoms with E-state index >= 15 is 0 Å². The number of carbonyl (C=O) groups excluding carboxylic acids is 1. The molecule has 19 heavy (non-hydrogen) atoms. The molecule has 8 heteroatoms. The molecule has 0 heterocycles. The summed E-state index contributed by atoms with van der Waals surface area (Å²) in [7, 11) is 4.76. The van der Waals surface area contributed by atoms with Crippen LogP contribution in [0.15, 0.2) is 0 Å². The number of hydrogen-bond donors (Lipinski definition) is 2. The molecule has 0 aliphatic heterocycles. The highest BCUT2D eigenvalue weighted by Crippen LogP contribution is 2.52. The molecule has 0 saturated heterocycles. The van der Waals surface area contributed by atoms with Crippen LogP contribution in [-0.4, -0.2) is 44.6 Å². The largest absolute Gasteiger partial charge is 0.502 e. The monoisotopic (exact) mass is 274 g/mol. The lowest BCUT2D eigenvalue weighted by atomic mass is 10.1. The number of phenolic OH excluding ortho intramolecular Hbond substituents is 2. The first kappa shape index (κ1) is 14.7. The fraction of sp³-hybridized carbons (Fsp3) is 0.364. The highest BCUT2D eigenvalue weighted by molar-refractivity contribution is 5.99. The van der Waals surface area contributed by atoms with E-state index in [0.717, 1.165) is 7.11 Å². The predicted octanol–water partition coefficient (Wildman–Crippen LogP) is 0.842. The Morgan fingerprint density at radius 2 is 1.42 bits per heavy atom. The van der Waals surface area contributed by atoms with Gasteiger partial charge in [-0.25, -0.2) is 4.79 Å². The van der Waals surface area contributed by atoms with Gasteiger partial charge in [-0.05, 0) is 0 Å². The Morgan fingerprint density at radius 1 is 0.895 bits per heavy atom. The smallest absolute Gasteiger partial charge is 0.345 e. The summed E-state index contributed by atoms with van der Waals surface area (Å²) < 4.78 is 14.4. The Bertz CT molecular complexity index is 482. The first-order valence-electron chi connectivity index (χ1n) is 5.02. The zero-order valence-corrected chi connectivity index (χ0v) is 10.8. The molecule has 0 amide bonds. The van der Waals surface area contributed by atoms with E-state index in [1.54, 1.807) is 0 Å². The maximum atomic E-state index is 11.7. The number of carbonyl (C=O) groups is 1. The van der Waals surface area contributed by atoms with E-state index in [4.69, 9.17) is 9.47 Å². The number of esters is 1. The lowest BCUT2D eigenvalue weighted by Gasteiger charge is -2.17. The van der Waals surface area contributed by atoms with Crippen molar-refractivity contribution in [1.82, 2.24) is 0 Å². The van der Waals surface area contributed by atoms with Crippen molar-refractivity contribution >= 4 is 5.97 Å². The van der Waals surface area contributed by atoms with Gasteiger partial charge in [0.25, 0.3) is 5.75 Å². The molecule has 8 nitrogen and oxygen atoms in total. The molecule has 0 radical (unpaired) electrons. The lowest BCUT2D eigenvalue weighted by Crippen LogP contribution is -2.09. The Hall–Kier alpha value is -2.35. The molecule has 0 aliphatic carbocycles. The minimum Gasteiger partial charge on any atom is -0.502 e. The summed E-state index contributed by atoms with van der Waals surface area (Å²) in [4.78, 5) is 20.8. The molecule has 0 unspecified atom stereocenters. The van der Waals surface area contributed by atoms with E-state index in [-0.39, 0.29) is 22.8 Å². The Labute approximate surface area is 109 Å². The number of ether oxygens (including phenoxy) is 3. The fourth-order valence-corrected chi connectivity index (χ4v) is 1.50. The van der Waals surface area contributed by atoms with Gasteiger partial charge in [-0.2, -0.15) is 4.89 Å². The molecule has 0 atom stereocenters. The highest BCUT2D eigenvalue weighted by atomic mass is 17.2. The van der Waals surface area contributed by atoms with Gasteiger partial charge in [0.1, 0.15) is 0 Å². The van der Waals surface area contributed by atoms with Gasteiger partial charge in [-0.1, -0.05) is 0 Å². The third kappa shape index (κ3) is 2.43. The maximum absolute atomic E-state index is 11.7. The molecule has 1 aromatic rings. The second-order valence-corrected chi connectivity index (χ2v) is 3.21. The fourth-order valence-electron chi connectivity index (χ4n) is 1.50. The van der Waals surface area contributed by atoms with Crippen molar-refractivity contribution in [2.75, 3.05) is 28.4 Å². The van der Waals surface area contributed by atoms with Crippen LogP contribution < -0.4 is 14.4 Å². The zero-order chi connectivity index (χ0) is 14.6. The van der Waals surface area contributed by atoms with Gasteiger partial charge in [-0.3, -0.25) is 0 Å². The topological polar surface area (TPSA) is 104 Å². The van der Waals surface area contributed by atoms with Crippen LogP contribution in [-0.2, 0) is 9.62 Å². The number of rotatable bonds is 5. The van der Waals surface area contributed by atoms with Crippen LogP contribution in [0.5, 0.6) is 28.7 Å². The van der Waals surface area contributed by atoms with Gasteiger partial charge in [-0.15, -0.1) is 0 Å². The van der Waals surface area contributed by atoms with Crippen molar-refractivity contribution < 1.29 is 39.0 Å². The van der Waals surface area contributed by atoms with Crippen molar-refractivity contribution in [3.63, 3.8) is 0 Å². The summed E-state index contributed by atoms with van der Waals surface area (Å²) in [6.45, 7) is 0. The maximum Gasteiger partial charge on any atom is 0.345 e. The molecule has 1 rings (SSSR count). The van der Waals surface area contributed by atoms with Crippen LogP contribution in [0.2, 0.25) is 0 Å². The van der Waals surface area contributed by atoms with Gasteiger partial charge in [0.15, 0.2) is 17.1 Å². The molecule has 1 aromatic carbocycles. The molecule has 106 valence electrons. The highest BCUT2D eigenvalue weighted by Gasteiger charge is 2.32. The number of methoxy groups -OCH3 is 3. The molecule has 2 N–H and O–H groups in total. The quantitative estimate of drug-likeness (QED) is 0.352. The van der Waals surface area contributed by atoms with Crippen LogP contribution in [0.25, 0.3) is 0 Å². The van der Waals surface area contributed by atoms with Crippen LogP contribution in [0.1, 0.15) is 10.4 Å². The molecule has 0 aromatic heterocycles. The normalized spacial score (nSPS) is 9.89. The average molecular weight is 274 g/mol. The van der Waals surface area contributed by atoms with Crippen LogP contribution >= 0.6 is 0 Å². The number of phenols is 2. The zero-order valence-electron chi connectivity index (χ0n) is 10.8. The van der Waals surface area contributed by atoms with E-state index in [1.165, 1.54) is 21.3 Å². The van der Waals surface area contributed by atoms with Crippen molar-refractivity contribution in [3.05, 3.63) is 5.56 Å². The number of aromatic hydroxyl groups is 2. The molecule has 0 bridgehead atoms. The van der Waals surface area contributed by atoms with Gasteiger partial charge in [0, 0.05) is 0 Å². The van der Waals surface area contributed by atoms with Crippen molar-refractivity contribution in [2.24, 2.45) is 0 Å². The van der Waals surface area contributed by atoms with Crippen LogP contribution in [0.4, 0.5) is 0 Å². The Balaban J connectivity index is 3.69. The van der Waals surface area contributed by atoms with Gasteiger partial charge in [0.05, 0.1) is 28.4 Å². The van der Waals surface area contributed by atoms with E-state index in [1.807, 2.05) is 0 Å². The van der Waals surface area contributed by atoms with Gasteiger partial charge < -0.3 is 29.3 Å². The van der Waals surface area contributed by atoms with Crippen LogP contribution in [0, 0.1) is 0 Å². The molecule has 0 fully saturated rings.